The Hall–Kier alpha value is -1.53. The topological polar surface area (TPSA) is 43.8 Å². The zero-order valence-electron chi connectivity index (χ0n) is 10.6. The van der Waals surface area contributed by atoms with Gasteiger partial charge in [0.05, 0.1) is 0 Å². The Kier molecular flexibility index (Phi) is 4.11. The molecule has 1 N–H and O–H groups in total. The number of hydrogen-bond donors (Lipinski definition) is 1. The number of carboxylic acids is 1. The number of carboxylic acid groups (broad SMARTS) is 1. The molecule has 1 heterocycles. The second-order valence-electron chi connectivity index (χ2n) is 4.78. The van der Waals surface area contributed by atoms with Gasteiger partial charge in [0.2, 0.25) is 0 Å². The molecule has 6 heteroatoms. The Morgan fingerprint density at radius 1 is 1.16 bits per heavy atom. The molecule has 1 aromatic carbocycles. The number of benzene rings is 1. The first-order valence-corrected chi connectivity index (χ1v) is 6.09. The molecule has 19 heavy (non-hydrogen) atoms. The zero-order chi connectivity index (χ0) is 14.0. The van der Waals surface area contributed by atoms with Crippen LogP contribution >= 0.6 is 0 Å². The number of hydrogen-bond acceptors (Lipinski definition) is 3. The molecule has 2 rings (SSSR count). The van der Waals surface area contributed by atoms with Crippen LogP contribution in [0.4, 0.5) is 8.78 Å². The summed E-state index contributed by atoms with van der Waals surface area (Å²) in [5.74, 6) is -2.60. The normalized spacial score (nSPS) is 19.3. The SMILES string of the molecule is CN1CCN(C(C(=O)O)c2cc(F)cc(F)c2)CC1. The minimum atomic E-state index is -1.09. The van der Waals surface area contributed by atoms with Crippen molar-refractivity contribution in [2.75, 3.05) is 33.2 Å². The molecule has 4 nitrogen and oxygen atoms in total. The number of halogens is 2. The van der Waals surface area contributed by atoms with Gasteiger partial charge in [0.15, 0.2) is 0 Å². The van der Waals surface area contributed by atoms with Gasteiger partial charge in [-0.1, -0.05) is 0 Å². The maximum atomic E-state index is 13.2. The molecule has 1 saturated heterocycles. The van der Waals surface area contributed by atoms with E-state index in [2.05, 4.69) is 4.90 Å². The van der Waals surface area contributed by atoms with Crippen LogP contribution in [0.2, 0.25) is 0 Å². The molecule has 1 aliphatic heterocycles. The van der Waals surface area contributed by atoms with E-state index in [0.717, 1.165) is 31.3 Å². The van der Waals surface area contributed by atoms with E-state index in [0.29, 0.717) is 13.1 Å². The Bertz CT molecular complexity index is 453. The van der Waals surface area contributed by atoms with Crippen LogP contribution in [0.5, 0.6) is 0 Å². The molecule has 0 amide bonds. The summed E-state index contributed by atoms with van der Waals surface area (Å²) in [7, 11) is 1.95. The van der Waals surface area contributed by atoms with E-state index in [1.807, 2.05) is 7.05 Å². The van der Waals surface area contributed by atoms with Gasteiger partial charge in [-0.05, 0) is 24.7 Å². The number of likely N-dealkylation sites (N-methyl/N-ethyl adjacent to an activating group) is 1. The number of carbonyl (C=O) groups is 1. The monoisotopic (exact) mass is 270 g/mol. The van der Waals surface area contributed by atoms with Crippen LogP contribution in [0.1, 0.15) is 11.6 Å². The lowest BCUT2D eigenvalue weighted by Crippen LogP contribution is -2.47. The fourth-order valence-electron chi connectivity index (χ4n) is 2.32. The summed E-state index contributed by atoms with van der Waals surface area (Å²) in [5.41, 5.74) is 0.148. The standard InChI is InChI=1S/C13H16F2N2O2/c1-16-2-4-17(5-3-16)12(13(18)19)9-6-10(14)8-11(15)7-9/h6-8,12H,2-5H2,1H3,(H,18,19). The summed E-state index contributed by atoms with van der Waals surface area (Å²) in [6.45, 7) is 2.60. The Morgan fingerprint density at radius 3 is 2.16 bits per heavy atom. The van der Waals surface area contributed by atoms with Crippen molar-refractivity contribution in [1.82, 2.24) is 9.80 Å². The molecule has 0 radical (unpaired) electrons. The van der Waals surface area contributed by atoms with E-state index in [9.17, 15) is 18.7 Å². The van der Waals surface area contributed by atoms with Crippen molar-refractivity contribution in [2.24, 2.45) is 0 Å². The van der Waals surface area contributed by atoms with Crippen LogP contribution in [-0.4, -0.2) is 54.1 Å². The molecule has 0 aliphatic carbocycles. The van der Waals surface area contributed by atoms with E-state index < -0.39 is 23.6 Å². The van der Waals surface area contributed by atoms with E-state index in [4.69, 9.17) is 0 Å². The maximum absolute atomic E-state index is 13.2. The van der Waals surface area contributed by atoms with Crippen LogP contribution < -0.4 is 0 Å². The third-order valence-electron chi connectivity index (χ3n) is 3.34. The van der Waals surface area contributed by atoms with Gasteiger partial charge in [0.1, 0.15) is 17.7 Å². The second-order valence-corrected chi connectivity index (χ2v) is 4.78. The summed E-state index contributed by atoms with van der Waals surface area (Å²) in [5, 5.41) is 9.33. The molecular formula is C13H16F2N2O2. The van der Waals surface area contributed by atoms with Gasteiger partial charge in [-0.3, -0.25) is 9.69 Å². The smallest absolute Gasteiger partial charge is 0.325 e. The van der Waals surface area contributed by atoms with Gasteiger partial charge >= 0.3 is 5.97 Å². The lowest BCUT2D eigenvalue weighted by Gasteiger charge is -2.36. The van der Waals surface area contributed by atoms with Crippen molar-refractivity contribution in [1.29, 1.82) is 0 Å². The zero-order valence-corrected chi connectivity index (χ0v) is 10.6. The Balaban J connectivity index is 2.27. The Labute approximate surface area is 110 Å². The molecule has 104 valence electrons. The number of nitrogens with zero attached hydrogens (tertiary/aromatic N) is 2. The van der Waals surface area contributed by atoms with E-state index in [1.54, 1.807) is 4.90 Å². The summed E-state index contributed by atoms with van der Waals surface area (Å²) in [6, 6.07) is 1.91. The minimum absolute atomic E-state index is 0.148. The third kappa shape index (κ3) is 3.27. The van der Waals surface area contributed by atoms with Crippen LogP contribution in [0.15, 0.2) is 18.2 Å². The second kappa shape index (κ2) is 5.63. The van der Waals surface area contributed by atoms with Crippen LogP contribution in [0.25, 0.3) is 0 Å². The van der Waals surface area contributed by atoms with E-state index in [-0.39, 0.29) is 5.56 Å². The van der Waals surface area contributed by atoms with Crippen molar-refractivity contribution in [3.8, 4) is 0 Å². The summed E-state index contributed by atoms with van der Waals surface area (Å²) in [4.78, 5) is 15.2. The van der Waals surface area contributed by atoms with E-state index >= 15 is 0 Å². The summed E-state index contributed by atoms with van der Waals surface area (Å²) < 4.78 is 26.4. The van der Waals surface area contributed by atoms with Crippen molar-refractivity contribution < 1.29 is 18.7 Å². The average Bonchev–Trinajstić information content (AvgIpc) is 2.30. The maximum Gasteiger partial charge on any atom is 0.325 e. The number of aliphatic carboxylic acids is 1. The summed E-state index contributed by atoms with van der Waals surface area (Å²) >= 11 is 0. The largest absolute Gasteiger partial charge is 0.480 e. The molecule has 1 aromatic rings. The first kappa shape index (κ1) is 13.9. The van der Waals surface area contributed by atoms with Crippen LogP contribution in [0, 0.1) is 11.6 Å². The molecule has 1 fully saturated rings. The van der Waals surface area contributed by atoms with Gasteiger partial charge in [-0.25, -0.2) is 8.78 Å². The third-order valence-corrected chi connectivity index (χ3v) is 3.34. The molecule has 1 aliphatic rings. The fraction of sp³-hybridized carbons (Fsp3) is 0.462. The van der Waals surface area contributed by atoms with Gasteiger partial charge < -0.3 is 10.0 Å². The van der Waals surface area contributed by atoms with Gasteiger partial charge in [-0.2, -0.15) is 0 Å². The first-order chi connectivity index (χ1) is 8.97. The highest BCUT2D eigenvalue weighted by molar-refractivity contribution is 5.75. The molecule has 0 bridgehead atoms. The van der Waals surface area contributed by atoms with Gasteiger partial charge in [0.25, 0.3) is 0 Å². The van der Waals surface area contributed by atoms with Gasteiger partial charge in [-0.15, -0.1) is 0 Å². The quantitative estimate of drug-likeness (QED) is 0.900. The highest BCUT2D eigenvalue weighted by Gasteiger charge is 2.30. The highest BCUT2D eigenvalue weighted by Crippen LogP contribution is 2.24. The molecule has 0 spiro atoms. The van der Waals surface area contributed by atoms with Crippen molar-refractivity contribution >= 4 is 5.97 Å². The average molecular weight is 270 g/mol. The highest BCUT2D eigenvalue weighted by atomic mass is 19.1. The molecular weight excluding hydrogens is 254 g/mol. The number of rotatable bonds is 3. The fourth-order valence-corrected chi connectivity index (χ4v) is 2.32. The van der Waals surface area contributed by atoms with E-state index in [1.165, 1.54) is 0 Å². The van der Waals surface area contributed by atoms with Crippen LogP contribution in [-0.2, 0) is 4.79 Å². The molecule has 1 unspecified atom stereocenters. The lowest BCUT2D eigenvalue weighted by molar-refractivity contribution is -0.144. The van der Waals surface area contributed by atoms with Crippen molar-refractivity contribution in [3.05, 3.63) is 35.4 Å². The van der Waals surface area contributed by atoms with Crippen molar-refractivity contribution in [3.63, 3.8) is 0 Å². The molecule has 0 aromatic heterocycles. The predicted molar refractivity (Wildman–Crippen MR) is 65.8 cm³/mol. The molecule has 0 saturated carbocycles. The number of piperazine rings is 1. The lowest BCUT2D eigenvalue weighted by atomic mass is 10.0. The van der Waals surface area contributed by atoms with Gasteiger partial charge in [0, 0.05) is 32.2 Å². The predicted octanol–water partition coefficient (Wildman–Crippen LogP) is 1.34. The minimum Gasteiger partial charge on any atom is -0.480 e. The molecule has 1 atom stereocenters. The summed E-state index contributed by atoms with van der Waals surface area (Å²) in [6.07, 6.45) is 0. The van der Waals surface area contributed by atoms with Crippen LogP contribution in [0.3, 0.4) is 0 Å². The first-order valence-electron chi connectivity index (χ1n) is 6.09. The van der Waals surface area contributed by atoms with Crippen molar-refractivity contribution in [2.45, 2.75) is 6.04 Å². The Morgan fingerprint density at radius 2 is 1.68 bits per heavy atom.